The van der Waals surface area contributed by atoms with Gasteiger partial charge in [0.15, 0.2) is 0 Å². The normalized spacial score (nSPS) is 13.8. The van der Waals surface area contributed by atoms with Crippen molar-refractivity contribution in [3.63, 3.8) is 0 Å². The Morgan fingerprint density at radius 3 is 1.96 bits per heavy atom. The van der Waals surface area contributed by atoms with Crippen molar-refractivity contribution in [1.82, 2.24) is 0 Å². The molecule has 2 aromatic rings. The Balaban J connectivity index is 0.00000288. The highest BCUT2D eigenvalue weighted by atomic mass is 35.5. The largest absolute Gasteiger partial charge is 1.00 e. The van der Waals surface area contributed by atoms with Crippen LogP contribution in [0.2, 0.25) is 0 Å². The highest BCUT2D eigenvalue weighted by molar-refractivity contribution is 7.85. The lowest BCUT2D eigenvalue weighted by molar-refractivity contribution is -0.254. The molecule has 2 unspecified atom stereocenters. The van der Waals surface area contributed by atoms with Crippen molar-refractivity contribution < 1.29 is 31.1 Å². The molecule has 24 heavy (non-hydrogen) atoms. The molecule has 132 valence electrons. The molecule has 0 fully saturated rings. The summed E-state index contributed by atoms with van der Waals surface area (Å²) in [6, 6.07) is 14.8. The van der Waals surface area contributed by atoms with Gasteiger partial charge in [-0.2, -0.15) is 8.42 Å². The Morgan fingerprint density at radius 2 is 1.50 bits per heavy atom. The van der Waals surface area contributed by atoms with Crippen molar-refractivity contribution in [3.05, 3.63) is 59.7 Å². The number of hydrogen-bond acceptors (Lipinski definition) is 2. The molecule has 4 nitrogen and oxygen atoms in total. The second-order valence-corrected chi connectivity index (χ2v) is 7.45. The monoisotopic (exact) mass is 369 g/mol. The van der Waals surface area contributed by atoms with Gasteiger partial charge in [0, 0.05) is 0 Å². The molecule has 2 atom stereocenters. The summed E-state index contributed by atoms with van der Waals surface area (Å²) in [6.07, 6.45) is 1.96. The van der Waals surface area contributed by atoms with Crippen molar-refractivity contribution in [2.45, 2.75) is 43.4 Å². The fourth-order valence-electron chi connectivity index (χ4n) is 2.86. The quantitative estimate of drug-likeness (QED) is 0.727. The minimum atomic E-state index is -4.13. The molecule has 0 bridgehead atoms. The summed E-state index contributed by atoms with van der Waals surface area (Å²) in [5.74, 6) is 0.752. The maximum Gasteiger partial charge on any atom is 0.294 e. The summed E-state index contributed by atoms with van der Waals surface area (Å²) in [6.45, 7) is 4.33. The van der Waals surface area contributed by atoms with E-state index in [1.165, 1.54) is 17.7 Å². The lowest BCUT2D eigenvalue weighted by Gasteiger charge is -2.20. The molecule has 0 aliphatic carbocycles. The van der Waals surface area contributed by atoms with Crippen LogP contribution in [-0.4, -0.2) is 13.0 Å². The number of rotatable bonds is 6. The third-order valence-corrected chi connectivity index (χ3v) is 5.20. The summed E-state index contributed by atoms with van der Waals surface area (Å²) < 4.78 is 31.3. The summed E-state index contributed by atoms with van der Waals surface area (Å²) in [7, 11) is -4.13. The number of benzene rings is 2. The van der Waals surface area contributed by atoms with Gasteiger partial charge in [0.05, 0.1) is 4.90 Å². The Hall–Kier alpha value is -1.40. The van der Waals surface area contributed by atoms with Crippen molar-refractivity contribution in [2.75, 3.05) is 0 Å². The van der Waals surface area contributed by atoms with Crippen LogP contribution >= 0.6 is 0 Å². The van der Waals surface area contributed by atoms with E-state index in [0.29, 0.717) is 11.8 Å². The predicted octanol–water partition coefficient (Wildman–Crippen LogP) is 0.498. The van der Waals surface area contributed by atoms with E-state index < -0.39 is 10.1 Å². The summed E-state index contributed by atoms with van der Waals surface area (Å²) in [5.41, 5.74) is 7.29. The third-order valence-electron chi connectivity index (χ3n) is 4.33. The second kappa shape index (κ2) is 8.62. The van der Waals surface area contributed by atoms with Gasteiger partial charge in [0.1, 0.15) is 5.69 Å². The lowest BCUT2D eigenvalue weighted by atomic mass is 9.84. The Kier molecular flexibility index (Phi) is 7.42. The van der Waals surface area contributed by atoms with Crippen molar-refractivity contribution in [3.8, 4) is 0 Å². The molecule has 0 heterocycles. The molecule has 0 aliphatic rings. The van der Waals surface area contributed by atoms with Crippen LogP contribution in [0.4, 0.5) is 5.69 Å². The van der Waals surface area contributed by atoms with E-state index in [1.54, 1.807) is 12.1 Å². The Labute approximate surface area is 150 Å². The molecule has 0 spiro atoms. The van der Waals surface area contributed by atoms with Gasteiger partial charge in [0.25, 0.3) is 10.1 Å². The maximum atomic E-state index is 11.1. The zero-order chi connectivity index (χ0) is 17.0. The zero-order valence-corrected chi connectivity index (χ0v) is 15.5. The van der Waals surface area contributed by atoms with Gasteiger partial charge in [-0.15, -0.1) is 0 Å². The smallest absolute Gasteiger partial charge is 0.294 e. The molecule has 0 aromatic heterocycles. The third kappa shape index (κ3) is 5.31. The van der Waals surface area contributed by atoms with E-state index in [4.69, 9.17) is 4.55 Å². The van der Waals surface area contributed by atoms with Crippen LogP contribution in [0.15, 0.2) is 53.4 Å². The first-order valence-corrected chi connectivity index (χ1v) is 9.24. The van der Waals surface area contributed by atoms with Crippen LogP contribution in [0, 0.1) is 0 Å². The lowest BCUT2D eigenvalue weighted by Crippen LogP contribution is -3.00. The molecular weight excluding hydrogens is 346 g/mol. The molecular formula is C18H24ClNO3S. The molecule has 0 radical (unpaired) electrons. The van der Waals surface area contributed by atoms with E-state index in [-0.39, 0.29) is 17.3 Å². The van der Waals surface area contributed by atoms with Gasteiger partial charge in [-0.05, 0) is 60.1 Å². The summed E-state index contributed by atoms with van der Waals surface area (Å²) in [5, 5.41) is 0. The van der Waals surface area contributed by atoms with Gasteiger partial charge in [-0.3, -0.25) is 4.55 Å². The fourth-order valence-corrected chi connectivity index (χ4v) is 3.34. The van der Waals surface area contributed by atoms with Crippen LogP contribution in [0.5, 0.6) is 0 Å². The van der Waals surface area contributed by atoms with E-state index in [0.717, 1.165) is 24.1 Å². The van der Waals surface area contributed by atoms with Gasteiger partial charge < -0.3 is 18.1 Å². The molecule has 6 heteroatoms. The Bertz CT molecular complexity index is 743. The first-order valence-electron chi connectivity index (χ1n) is 7.80. The highest BCUT2D eigenvalue weighted by Crippen LogP contribution is 2.32. The average Bonchev–Trinajstić information content (AvgIpc) is 2.52. The number of quaternary nitrogens is 1. The van der Waals surface area contributed by atoms with E-state index >= 15 is 0 Å². The number of halogens is 1. The van der Waals surface area contributed by atoms with Crippen LogP contribution < -0.4 is 18.1 Å². The topological polar surface area (TPSA) is 82.0 Å². The van der Waals surface area contributed by atoms with E-state index in [1.807, 2.05) is 12.1 Å². The maximum absolute atomic E-state index is 11.1. The van der Waals surface area contributed by atoms with Crippen LogP contribution in [-0.2, 0) is 10.1 Å². The van der Waals surface area contributed by atoms with Crippen molar-refractivity contribution >= 4 is 15.8 Å². The molecule has 4 N–H and O–H groups in total. The van der Waals surface area contributed by atoms with Crippen LogP contribution in [0.25, 0.3) is 0 Å². The van der Waals surface area contributed by atoms with Crippen LogP contribution in [0.3, 0.4) is 0 Å². The SMILES string of the molecule is CCC(CC(C)c1ccc([NH3+])cc1)c1ccc(S(=O)(=O)O)cc1.[Cl-]. The van der Waals surface area contributed by atoms with Crippen LogP contribution in [0.1, 0.15) is 49.7 Å². The molecule has 0 aliphatic heterocycles. The minimum absolute atomic E-state index is 0. The molecule has 2 aromatic carbocycles. The first-order chi connectivity index (χ1) is 10.8. The summed E-state index contributed by atoms with van der Waals surface area (Å²) >= 11 is 0. The van der Waals surface area contributed by atoms with Gasteiger partial charge >= 0.3 is 0 Å². The van der Waals surface area contributed by atoms with Gasteiger partial charge in [-0.1, -0.05) is 38.1 Å². The Morgan fingerprint density at radius 1 is 1.00 bits per heavy atom. The second-order valence-electron chi connectivity index (χ2n) is 6.03. The predicted molar refractivity (Wildman–Crippen MR) is 91.3 cm³/mol. The van der Waals surface area contributed by atoms with Gasteiger partial charge in [0.2, 0.25) is 0 Å². The van der Waals surface area contributed by atoms with Crippen molar-refractivity contribution in [1.29, 1.82) is 0 Å². The fraction of sp³-hybridized carbons (Fsp3) is 0.333. The minimum Gasteiger partial charge on any atom is -1.00 e. The van der Waals surface area contributed by atoms with Crippen molar-refractivity contribution in [2.24, 2.45) is 0 Å². The van der Waals surface area contributed by atoms with E-state index in [2.05, 4.69) is 31.7 Å². The van der Waals surface area contributed by atoms with Gasteiger partial charge in [-0.25, -0.2) is 0 Å². The van der Waals surface area contributed by atoms with E-state index in [9.17, 15) is 8.42 Å². The zero-order valence-electron chi connectivity index (χ0n) is 13.9. The first kappa shape index (κ1) is 20.6. The summed E-state index contributed by atoms with van der Waals surface area (Å²) in [4.78, 5) is -0.0600. The molecule has 0 saturated carbocycles. The molecule has 0 saturated heterocycles. The molecule has 2 rings (SSSR count). The average molecular weight is 370 g/mol. The molecule has 0 amide bonds. The highest BCUT2D eigenvalue weighted by Gasteiger charge is 2.16. The number of hydrogen-bond donors (Lipinski definition) is 2. The standard InChI is InChI=1S/C18H23NO3S.ClH/c1-3-14(12-13(2)15-4-8-17(19)9-5-15)16-6-10-18(11-7-16)23(20,21)22;/h4-11,13-14H,3,12,19H2,1-2H3,(H,20,21,22);1H.